The van der Waals surface area contributed by atoms with Crippen molar-refractivity contribution in [2.24, 2.45) is 5.73 Å². The minimum atomic E-state index is -0.751. The van der Waals surface area contributed by atoms with Crippen LogP contribution in [0.3, 0.4) is 0 Å². The van der Waals surface area contributed by atoms with Crippen LogP contribution in [0.4, 0.5) is 0 Å². The van der Waals surface area contributed by atoms with Gasteiger partial charge in [-0.05, 0) is 36.5 Å². The van der Waals surface area contributed by atoms with Gasteiger partial charge in [-0.25, -0.2) is 0 Å². The minimum absolute atomic E-state index is 0.197. The van der Waals surface area contributed by atoms with E-state index in [-0.39, 0.29) is 18.7 Å². The number of hydrogen-bond donors (Lipinski definition) is 1. The first-order valence-corrected chi connectivity index (χ1v) is 7.68. The van der Waals surface area contributed by atoms with Crippen molar-refractivity contribution in [3.8, 4) is 12.3 Å². The van der Waals surface area contributed by atoms with E-state index in [4.69, 9.17) is 12.2 Å². The highest BCUT2D eigenvalue weighted by atomic mass is 16.2. The molecule has 120 valence electrons. The molecule has 2 N–H and O–H groups in total. The Bertz CT molecular complexity index is 661. The van der Waals surface area contributed by atoms with Crippen LogP contribution >= 0.6 is 0 Å². The molecule has 1 unspecified atom stereocenters. The number of rotatable bonds is 8. The summed E-state index contributed by atoms with van der Waals surface area (Å²) in [7, 11) is 0. The summed E-state index contributed by atoms with van der Waals surface area (Å²) in [6, 6.07) is 4.84. The second-order valence-corrected chi connectivity index (χ2v) is 5.60. The molecule has 1 aromatic rings. The third-order valence-electron chi connectivity index (χ3n) is 4.12. The topological polar surface area (TPSA) is 80.5 Å². The maximum atomic E-state index is 12.6. The molecule has 1 aliphatic heterocycles. The molecule has 5 heteroatoms. The monoisotopic (exact) mass is 312 g/mol. The summed E-state index contributed by atoms with van der Waals surface area (Å²) in [5.41, 5.74) is 8.04. The molecule has 0 spiro atoms. The van der Waals surface area contributed by atoms with E-state index in [1.807, 2.05) is 12.1 Å². The third-order valence-corrected chi connectivity index (χ3v) is 4.12. The lowest BCUT2D eigenvalue weighted by Gasteiger charge is -2.24. The molecule has 1 atom stereocenters. The Kier molecular flexibility index (Phi) is 5.53. The number of carbonyl (C=O) groups excluding carboxylic acids is 3. The molecule has 0 fully saturated rings. The number of unbranched alkanes of at least 4 members (excludes halogenated alkanes) is 1. The largest absolute Gasteiger partial charge is 0.368 e. The molecule has 0 saturated heterocycles. The number of nitrogens with zero attached hydrogens (tertiary/aromatic N) is 1. The second-order valence-electron chi connectivity index (χ2n) is 5.60. The van der Waals surface area contributed by atoms with Crippen molar-refractivity contribution in [1.82, 2.24) is 4.90 Å². The molecule has 1 aromatic carbocycles. The molecule has 0 aliphatic carbocycles. The first kappa shape index (κ1) is 16.8. The quantitative estimate of drug-likeness (QED) is 0.448. The fraction of sp³-hybridized carbons (Fsp3) is 0.389. The molecule has 0 aromatic heterocycles. The standard InChI is InChI=1S/C18H20N2O3/c1-2-3-4-7-13-8-5-9-14-15(13)12-20(18(14)23)16(17(19)22)10-6-11-21/h1,5,8-9,11,16H,3-4,6-7,10,12H2,(H2,19,22). The normalized spacial score (nSPS) is 14.2. The molecule has 0 bridgehead atoms. The number of benzene rings is 1. The van der Waals surface area contributed by atoms with Crippen LogP contribution in [0.15, 0.2) is 18.2 Å². The Morgan fingerprint density at radius 1 is 1.48 bits per heavy atom. The average molecular weight is 312 g/mol. The van der Waals surface area contributed by atoms with Crippen molar-refractivity contribution in [1.29, 1.82) is 0 Å². The Morgan fingerprint density at radius 2 is 2.26 bits per heavy atom. The lowest BCUT2D eigenvalue weighted by molar-refractivity contribution is -0.122. The lowest BCUT2D eigenvalue weighted by Crippen LogP contribution is -2.44. The molecular formula is C18H20N2O3. The summed E-state index contributed by atoms with van der Waals surface area (Å²) in [4.78, 5) is 36.3. The Labute approximate surface area is 135 Å². The van der Waals surface area contributed by atoms with E-state index in [2.05, 4.69) is 5.92 Å². The summed E-state index contributed by atoms with van der Waals surface area (Å²) < 4.78 is 0. The molecule has 5 nitrogen and oxygen atoms in total. The number of aldehydes is 1. The SMILES string of the molecule is C#CCCCc1cccc2c1CN(C(CCC=O)C(N)=O)C2=O. The maximum absolute atomic E-state index is 12.6. The summed E-state index contributed by atoms with van der Waals surface area (Å²) in [6.45, 7) is 0.354. The van der Waals surface area contributed by atoms with Gasteiger partial charge >= 0.3 is 0 Å². The molecule has 0 radical (unpaired) electrons. The van der Waals surface area contributed by atoms with Crippen LogP contribution in [0.5, 0.6) is 0 Å². The van der Waals surface area contributed by atoms with Crippen molar-refractivity contribution in [3.05, 3.63) is 34.9 Å². The van der Waals surface area contributed by atoms with Crippen molar-refractivity contribution < 1.29 is 14.4 Å². The van der Waals surface area contributed by atoms with Gasteiger partial charge < -0.3 is 15.4 Å². The fourth-order valence-electron chi connectivity index (χ4n) is 2.96. The van der Waals surface area contributed by atoms with Crippen molar-refractivity contribution in [2.45, 2.75) is 44.7 Å². The summed E-state index contributed by atoms with van der Waals surface area (Å²) >= 11 is 0. The molecule has 2 amide bonds. The number of nitrogens with two attached hydrogens (primary N) is 1. The van der Waals surface area contributed by atoms with Gasteiger partial charge in [-0.2, -0.15) is 0 Å². The second kappa shape index (κ2) is 7.59. The van der Waals surface area contributed by atoms with Crippen LogP contribution in [0, 0.1) is 12.3 Å². The van der Waals surface area contributed by atoms with Gasteiger partial charge in [-0.15, -0.1) is 12.3 Å². The van der Waals surface area contributed by atoms with E-state index in [9.17, 15) is 14.4 Å². The number of aryl methyl sites for hydroxylation is 1. The predicted octanol–water partition coefficient (Wildman–Crippen LogP) is 1.43. The average Bonchev–Trinajstić information content (AvgIpc) is 2.86. The molecule has 0 saturated carbocycles. The van der Waals surface area contributed by atoms with Crippen molar-refractivity contribution >= 4 is 18.1 Å². The van der Waals surface area contributed by atoms with Crippen molar-refractivity contribution in [3.63, 3.8) is 0 Å². The van der Waals surface area contributed by atoms with Gasteiger partial charge in [0.1, 0.15) is 12.3 Å². The number of fused-ring (bicyclic) bond motifs is 1. The van der Waals surface area contributed by atoms with Crippen LogP contribution in [-0.2, 0) is 22.6 Å². The number of amides is 2. The van der Waals surface area contributed by atoms with Gasteiger partial charge in [0.25, 0.3) is 5.91 Å². The number of primary amides is 1. The van der Waals surface area contributed by atoms with E-state index in [1.165, 1.54) is 4.90 Å². The van der Waals surface area contributed by atoms with Crippen LogP contribution in [0.1, 0.15) is 47.2 Å². The fourth-order valence-corrected chi connectivity index (χ4v) is 2.96. The van der Waals surface area contributed by atoms with E-state index >= 15 is 0 Å². The molecule has 1 aliphatic rings. The summed E-state index contributed by atoms with van der Waals surface area (Å²) in [6.07, 6.45) is 8.79. The van der Waals surface area contributed by atoms with Crippen LogP contribution in [0.2, 0.25) is 0 Å². The highest BCUT2D eigenvalue weighted by molar-refractivity contribution is 6.01. The Morgan fingerprint density at radius 3 is 2.91 bits per heavy atom. The Hall–Kier alpha value is -2.61. The van der Waals surface area contributed by atoms with E-state index in [0.29, 0.717) is 18.5 Å². The van der Waals surface area contributed by atoms with E-state index in [0.717, 1.165) is 30.3 Å². The van der Waals surface area contributed by atoms with Gasteiger partial charge in [0.2, 0.25) is 5.91 Å². The lowest BCUT2D eigenvalue weighted by atomic mass is 9.99. The summed E-state index contributed by atoms with van der Waals surface area (Å²) in [5, 5.41) is 0. The van der Waals surface area contributed by atoms with Crippen LogP contribution in [0.25, 0.3) is 0 Å². The highest BCUT2D eigenvalue weighted by Gasteiger charge is 2.35. The third kappa shape index (κ3) is 3.59. The molecule has 2 rings (SSSR count). The van der Waals surface area contributed by atoms with Gasteiger partial charge in [-0.1, -0.05) is 12.1 Å². The zero-order chi connectivity index (χ0) is 16.8. The first-order chi connectivity index (χ1) is 11.1. The van der Waals surface area contributed by atoms with E-state index < -0.39 is 11.9 Å². The Balaban J connectivity index is 2.23. The zero-order valence-electron chi connectivity index (χ0n) is 13.0. The molecular weight excluding hydrogens is 292 g/mol. The van der Waals surface area contributed by atoms with Crippen LogP contribution < -0.4 is 5.73 Å². The maximum Gasteiger partial charge on any atom is 0.255 e. The number of terminal acetylenes is 1. The van der Waals surface area contributed by atoms with Gasteiger partial charge in [0.05, 0.1) is 0 Å². The van der Waals surface area contributed by atoms with Crippen LogP contribution in [-0.4, -0.2) is 29.0 Å². The van der Waals surface area contributed by atoms with Gasteiger partial charge in [0.15, 0.2) is 0 Å². The number of hydrogen-bond acceptors (Lipinski definition) is 3. The summed E-state index contributed by atoms with van der Waals surface area (Å²) in [5.74, 6) is 1.83. The first-order valence-electron chi connectivity index (χ1n) is 7.68. The predicted molar refractivity (Wildman–Crippen MR) is 86.4 cm³/mol. The van der Waals surface area contributed by atoms with Gasteiger partial charge in [0, 0.05) is 24.9 Å². The zero-order valence-corrected chi connectivity index (χ0v) is 13.0. The highest BCUT2D eigenvalue weighted by Crippen LogP contribution is 2.29. The molecule has 23 heavy (non-hydrogen) atoms. The van der Waals surface area contributed by atoms with Gasteiger partial charge in [-0.3, -0.25) is 9.59 Å². The molecule has 1 heterocycles. The minimum Gasteiger partial charge on any atom is -0.368 e. The van der Waals surface area contributed by atoms with Crippen molar-refractivity contribution in [2.75, 3.05) is 0 Å². The number of carbonyl (C=O) groups is 3. The smallest absolute Gasteiger partial charge is 0.255 e. The van der Waals surface area contributed by atoms with E-state index in [1.54, 1.807) is 6.07 Å².